The zero-order valence-electron chi connectivity index (χ0n) is 6.66. The maximum atomic E-state index is 10.6. The summed E-state index contributed by atoms with van der Waals surface area (Å²) in [6, 6.07) is 0. The zero-order chi connectivity index (χ0) is 8.43. The molecule has 0 aromatic carbocycles. The van der Waals surface area contributed by atoms with Crippen LogP contribution in [0.15, 0.2) is 0 Å². The number of hydrogen-bond acceptors (Lipinski definition) is 2. The first-order valence-corrected chi connectivity index (χ1v) is 4.04. The Morgan fingerprint density at radius 1 is 1.45 bits per heavy atom. The summed E-state index contributed by atoms with van der Waals surface area (Å²) in [7, 11) is 0. The van der Waals surface area contributed by atoms with E-state index in [-0.39, 0.29) is 5.92 Å². The van der Waals surface area contributed by atoms with Gasteiger partial charge in [-0.1, -0.05) is 13.3 Å². The van der Waals surface area contributed by atoms with Crippen LogP contribution >= 0.6 is 0 Å². The van der Waals surface area contributed by atoms with E-state index in [4.69, 9.17) is 5.11 Å². The van der Waals surface area contributed by atoms with Crippen LogP contribution in [-0.4, -0.2) is 22.3 Å². The quantitative estimate of drug-likeness (QED) is 0.595. The summed E-state index contributed by atoms with van der Waals surface area (Å²) in [5.74, 6) is -1.27. The predicted octanol–water partition coefficient (Wildman–Crippen LogP) is 0.868. The van der Waals surface area contributed by atoms with Crippen LogP contribution in [0.25, 0.3) is 0 Å². The molecule has 0 aromatic rings. The first-order valence-electron chi connectivity index (χ1n) is 4.04. The first-order chi connectivity index (χ1) is 5.13. The molecule has 3 unspecified atom stereocenters. The van der Waals surface area contributed by atoms with E-state index < -0.39 is 18.0 Å². The normalized spacial score (nSPS) is 38.5. The number of hydrogen-bond donors (Lipinski definition) is 2. The molecule has 1 aliphatic carbocycles. The third-order valence-electron chi connectivity index (χ3n) is 2.47. The topological polar surface area (TPSA) is 57.5 Å². The van der Waals surface area contributed by atoms with Crippen molar-refractivity contribution < 1.29 is 15.0 Å². The van der Waals surface area contributed by atoms with Crippen molar-refractivity contribution in [1.29, 1.82) is 0 Å². The van der Waals surface area contributed by atoms with Gasteiger partial charge in [-0.3, -0.25) is 4.79 Å². The van der Waals surface area contributed by atoms with E-state index in [1.54, 1.807) is 0 Å². The fourth-order valence-electron chi connectivity index (χ4n) is 1.80. The number of carbonyl (C=O) groups is 1. The van der Waals surface area contributed by atoms with Crippen LogP contribution in [0.4, 0.5) is 0 Å². The second-order valence-corrected chi connectivity index (χ2v) is 3.34. The summed E-state index contributed by atoms with van der Waals surface area (Å²) in [6.45, 7) is 1.89. The van der Waals surface area contributed by atoms with Crippen molar-refractivity contribution in [3.05, 3.63) is 0 Å². The van der Waals surface area contributed by atoms with Crippen molar-refractivity contribution >= 4 is 5.97 Å². The smallest absolute Gasteiger partial charge is 0.309 e. The van der Waals surface area contributed by atoms with Gasteiger partial charge in [-0.2, -0.15) is 0 Å². The largest absolute Gasteiger partial charge is 0.481 e. The Balaban J connectivity index is 2.62. The van der Waals surface area contributed by atoms with Gasteiger partial charge in [-0.05, 0) is 18.8 Å². The molecule has 3 heteroatoms. The Bertz CT molecular complexity index is 145. The van der Waals surface area contributed by atoms with Gasteiger partial charge in [-0.15, -0.1) is 0 Å². The molecule has 0 aliphatic heterocycles. The summed E-state index contributed by atoms with van der Waals surface area (Å²) in [4.78, 5) is 10.6. The van der Waals surface area contributed by atoms with Gasteiger partial charge in [0, 0.05) is 0 Å². The maximum absolute atomic E-state index is 10.6. The highest BCUT2D eigenvalue weighted by atomic mass is 16.4. The fourth-order valence-corrected chi connectivity index (χ4v) is 1.80. The van der Waals surface area contributed by atoms with Crippen molar-refractivity contribution in [1.82, 2.24) is 0 Å². The lowest BCUT2D eigenvalue weighted by atomic mass is 9.78. The van der Waals surface area contributed by atoms with Gasteiger partial charge in [0.1, 0.15) is 0 Å². The zero-order valence-corrected chi connectivity index (χ0v) is 6.66. The SMILES string of the molecule is CC1CCCC(O)C1C(=O)O. The number of aliphatic hydroxyl groups is 1. The minimum Gasteiger partial charge on any atom is -0.481 e. The van der Waals surface area contributed by atoms with Crippen molar-refractivity contribution in [2.75, 3.05) is 0 Å². The lowest BCUT2D eigenvalue weighted by Gasteiger charge is -2.29. The van der Waals surface area contributed by atoms with Crippen LogP contribution in [0.1, 0.15) is 26.2 Å². The van der Waals surface area contributed by atoms with E-state index in [0.717, 1.165) is 12.8 Å². The average molecular weight is 158 g/mol. The number of carboxylic acids is 1. The van der Waals surface area contributed by atoms with Gasteiger partial charge in [-0.25, -0.2) is 0 Å². The molecule has 0 heterocycles. The van der Waals surface area contributed by atoms with Crippen molar-refractivity contribution in [3.63, 3.8) is 0 Å². The van der Waals surface area contributed by atoms with E-state index in [0.29, 0.717) is 6.42 Å². The highest BCUT2D eigenvalue weighted by Crippen LogP contribution is 2.29. The molecule has 2 N–H and O–H groups in total. The molecule has 0 saturated heterocycles. The molecule has 0 bridgehead atoms. The van der Waals surface area contributed by atoms with Crippen molar-refractivity contribution in [3.8, 4) is 0 Å². The Morgan fingerprint density at radius 3 is 2.45 bits per heavy atom. The fraction of sp³-hybridized carbons (Fsp3) is 0.875. The van der Waals surface area contributed by atoms with E-state index in [1.807, 2.05) is 6.92 Å². The monoisotopic (exact) mass is 158 g/mol. The lowest BCUT2D eigenvalue weighted by molar-refractivity contribution is -0.150. The molecule has 0 spiro atoms. The molecule has 1 fully saturated rings. The number of aliphatic hydroxyl groups excluding tert-OH is 1. The molecular formula is C8H14O3. The molecule has 1 rings (SSSR count). The van der Waals surface area contributed by atoms with E-state index in [2.05, 4.69) is 0 Å². The number of rotatable bonds is 1. The first kappa shape index (κ1) is 8.53. The van der Waals surface area contributed by atoms with Crippen LogP contribution in [0.5, 0.6) is 0 Å². The molecule has 0 amide bonds. The molecule has 64 valence electrons. The third-order valence-corrected chi connectivity index (χ3v) is 2.47. The standard InChI is InChI=1S/C8H14O3/c1-5-3-2-4-6(9)7(5)8(10)11/h5-7,9H,2-4H2,1H3,(H,10,11). The Kier molecular flexibility index (Phi) is 2.49. The minimum atomic E-state index is -0.857. The number of aliphatic carboxylic acids is 1. The Hall–Kier alpha value is -0.570. The van der Waals surface area contributed by atoms with Crippen LogP contribution in [0.3, 0.4) is 0 Å². The molecule has 11 heavy (non-hydrogen) atoms. The highest BCUT2D eigenvalue weighted by molar-refractivity contribution is 5.71. The summed E-state index contributed by atoms with van der Waals surface area (Å²) < 4.78 is 0. The second-order valence-electron chi connectivity index (χ2n) is 3.34. The van der Waals surface area contributed by atoms with E-state index in [9.17, 15) is 9.90 Å². The van der Waals surface area contributed by atoms with Gasteiger partial charge < -0.3 is 10.2 Å². The second kappa shape index (κ2) is 3.22. The summed E-state index contributed by atoms with van der Waals surface area (Å²) in [6.07, 6.45) is 1.89. The minimum absolute atomic E-state index is 0.122. The molecule has 1 saturated carbocycles. The molecule has 1 aliphatic rings. The highest BCUT2D eigenvalue weighted by Gasteiger charge is 2.34. The van der Waals surface area contributed by atoms with Crippen LogP contribution < -0.4 is 0 Å². The lowest BCUT2D eigenvalue weighted by Crippen LogP contribution is -2.36. The molecular weight excluding hydrogens is 144 g/mol. The molecule has 3 atom stereocenters. The molecule has 0 radical (unpaired) electrons. The van der Waals surface area contributed by atoms with Crippen molar-refractivity contribution in [2.45, 2.75) is 32.3 Å². The molecule has 3 nitrogen and oxygen atoms in total. The van der Waals surface area contributed by atoms with Gasteiger partial charge in [0.2, 0.25) is 0 Å². The Morgan fingerprint density at radius 2 is 2.09 bits per heavy atom. The van der Waals surface area contributed by atoms with Gasteiger partial charge in [0.05, 0.1) is 12.0 Å². The van der Waals surface area contributed by atoms with Crippen LogP contribution in [0.2, 0.25) is 0 Å². The Labute approximate surface area is 66.0 Å². The number of carboxylic acid groups (broad SMARTS) is 1. The van der Waals surface area contributed by atoms with Crippen LogP contribution in [-0.2, 0) is 4.79 Å². The van der Waals surface area contributed by atoms with E-state index >= 15 is 0 Å². The van der Waals surface area contributed by atoms with Gasteiger partial charge >= 0.3 is 5.97 Å². The molecule has 0 aromatic heterocycles. The average Bonchev–Trinajstić information content (AvgIpc) is 1.85. The predicted molar refractivity (Wildman–Crippen MR) is 40.1 cm³/mol. The summed E-state index contributed by atoms with van der Waals surface area (Å²) in [5, 5.41) is 18.0. The van der Waals surface area contributed by atoms with Gasteiger partial charge in [0.25, 0.3) is 0 Å². The van der Waals surface area contributed by atoms with Crippen molar-refractivity contribution in [2.24, 2.45) is 11.8 Å². The summed E-state index contributed by atoms with van der Waals surface area (Å²) >= 11 is 0. The van der Waals surface area contributed by atoms with E-state index in [1.165, 1.54) is 0 Å². The van der Waals surface area contributed by atoms with Crippen LogP contribution in [0, 0.1) is 11.8 Å². The maximum Gasteiger partial charge on any atom is 0.309 e. The summed E-state index contributed by atoms with van der Waals surface area (Å²) in [5.41, 5.74) is 0. The van der Waals surface area contributed by atoms with Gasteiger partial charge in [0.15, 0.2) is 0 Å². The third kappa shape index (κ3) is 1.71.